The summed E-state index contributed by atoms with van der Waals surface area (Å²) < 4.78 is 22.8. The maximum atomic E-state index is 11.4. The highest BCUT2D eigenvalue weighted by molar-refractivity contribution is 7.91. The van der Waals surface area contributed by atoms with Crippen molar-refractivity contribution < 1.29 is 13.2 Å². The van der Waals surface area contributed by atoms with Gasteiger partial charge in [-0.3, -0.25) is 0 Å². The van der Waals surface area contributed by atoms with E-state index in [-0.39, 0.29) is 23.3 Å². The van der Waals surface area contributed by atoms with Gasteiger partial charge in [0.2, 0.25) is 0 Å². The monoisotopic (exact) mass is 238 g/mol. The maximum absolute atomic E-state index is 11.4. The van der Waals surface area contributed by atoms with Crippen LogP contribution in [0.3, 0.4) is 0 Å². The fourth-order valence-corrected chi connectivity index (χ4v) is 4.10. The summed E-state index contributed by atoms with van der Waals surface area (Å²) in [7, 11) is -2.92. The maximum Gasteiger partial charge on any atom is 0.150 e. The third-order valence-electron chi connectivity index (χ3n) is 3.11. The van der Waals surface area contributed by atoms with Gasteiger partial charge in [-0.25, -0.2) is 8.42 Å². The largest absolute Gasteiger partial charge is 0.303 e. The van der Waals surface area contributed by atoms with Gasteiger partial charge in [0, 0.05) is 5.92 Å². The Morgan fingerprint density at radius 3 is 2.44 bits per heavy atom. The highest BCUT2D eigenvalue weighted by Crippen LogP contribution is 2.31. The minimum Gasteiger partial charge on any atom is -0.303 e. The van der Waals surface area contributed by atoms with Crippen molar-refractivity contribution in [3.8, 4) is 0 Å². The first kappa shape index (κ1) is 11.3. The van der Waals surface area contributed by atoms with E-state index in [1.807, 2.05) is 30.3 Å². The lowest BCUT2D eigenvalue weighted by Crippen LogP contribution is -2.15. The molecule has 3 nitrogen and oxygen atoms in total. The Bertz CT molecular complexity index is 464. The van der Waals surface area contributed by atoms with E-state index in [0.717, 1.165) is 11.8 Å². The Morgan fingerprint density at radius 2 is 1.94 bits per heavy atom. The zero-order chi connectivity index (χ0) is 11.6. The predicted molar refractivity (Wildman–Crippen MR) is 62.0 cm³/mol. The number of benzene rings is 1. The van der Waals surface area contributed by atoms with Crippen molar-refractivity contribution in [2.45, 2.75) is 12.3 Å². The molecule has 0 aromatic heterocycles. The Balaban J connectivity index is 2.22. The second-order valence-electron chi connectivity index (χ2n) is 4.24. The van der Waals surface area contributed by atoms with Crippen LogP contribution in [0.2, 0.25) is 0 Å². The van der Waals surface area contributed by atoms with Crippen molar-refractivity contribution in [2.75, 3.05) is 11.5 Å². The molecule has 1 fully saturated rings. The predicted octanol–water partition coefficient (Wildman–Crippen LogP) is 1.40. The quantitative estimate of drug-likeness (QED) is 0.748. The first-order valence-electron chi connectivity index (χ1n) is 5.33. The van der Waals surface area contributed by atoms with Gasteiger partial charge in [0.15, 0.2) is 9.84 Å². The highest BCUT2D eigenvalue weighted by atomic mass is 32.2. The molecular weight excluding hydrogens is 224 g/mol. The van der Waals surface area contributed by atoms with Crippen LogP contribution in [0.15, 0.2) is 30.3 Å². The molecule has 2 unspecified atom stereocenters. The third kappa shape index (κ3) is 2.32. The van der Waals surface area contributed by atoms with Crippen LogP contribution in [-0.2, 0) is 14.6 Å². The van der Waals surface area contributed by atoms with Gasteiger partial charge in [-0.1, -0.05) is 30.3 Å². The lowest BCUT2D eigenvalue weighted by atomic mass is 9.87. The molecule has 0 spiro atoms. The molecule has 0 aliphatic carbocycles. The van der Waals surface area contributed by atoms with E-state index in [9.17, 15) is 13.2 Å². The number of hydrogen-bond donors (Lipinski definition) is 0. The molecule has 1 aromatic rings. The smallest absolute Gasteiger partial charge is 0.150 e. The third-order valence-corrected chi connectivity index (χ3v) is 4.90. The van der Waals surface area contributed by atoms with Crippen LogP contribution in [0.25, 0.3) is 0 Å². The lowest BCUT2D eigenvalue weighted by molar-refractivity contribution is -0.109. The average molecular weight is 238 g/mol. The molecule has 1 saturated heterocycles. The molecule has 1 aromatic carbocycles. The minimum absolute atomic E-state index is 0.0510. The summed E-state index contributed by atoms with van der Waals surface area (Å²) in [5.74, 6) is 0.0310. The van der Waals surface area contributed by atoms with Crippen molar-refractivity contribution in [3.05, 3.63) is 35.9 Å². The summed E-state index contributed by atoms with van der Waals surface area (Å²) in [4.78, 5) is 11.1. The lowest BCUT2D eigenvalue weighted by Gasteiger charge is -2.16. The van der Waals surface area contributed by atoms with Gasteiger partial charge >= 0.3 is 0 Å². The van der Waals surface area contributed by atoms with Crippen LogP contribution in [0.5, 0.6) is 0 Å². The first-order chi connectivity index (χ1) is 7.62. The molecular formula is C12H14O3S. The summed E-state index contributed by atoms with van der Waals surface area (Å²) in [6, 6.07) is 9.38. The fraction of sp³-hybridized carbons (Fsp3) is 0.417. The number of sulfone groups is 1. The van der Waals surface area contributed by atoms with Gasteiger partial charge in [-0.2, -0.15) is 0 Å². The highest BCUT2D eigenvalue weighted by Gasteiger charge is 2.34. The zero-order valence-corrected chi connectivity index (χ0v) is 9.69. The Hall–Kier alpha value is -1.16. The molecule has 0 N–H and O–H groups in total. The van der Waals surface area contributed by atoms with Gasteiger partial charge in [-0.15, -0.1) is 0 Å². The fourth-order valence-electron chi connectivity index (χ4n) is 2.24. The second-order valence-corrected chi connectivity index (χ2v) is 6.46. The van der Waals surface area contributed by atoms with Gasteiger partial charge in [-0.05, 0) is 17.9 Å². The van der Waals surface area contributed by atoms with Crippen LogP contribution in [-0.4, -0.2) is 26.2 Å². The number of hydrogen-bond acceptors (Lipinski definition) is 3. The number of aldehydes is 1. The molecule has 2 atom stereocenters. The number of carbonyl (C=O) groups excluding carboxylic acids is 1. The van der Waals surface area contributed by atoms with Crippen molar-refractivity contribution in [3.63, 3.8) is 0 Å². The molecule has 1 heterocycles. The molecule has 86 valence electrons. The summed E-state index contributed by atoms with van der Waals surface area (Å²) in [5, 5.41) is 0. The Kier molecular flexibility index (Phi) is 3.10. The topological polar surface area (TPSA) is 51.2 Å². The summed E-state index contributed by atoms with van der Waals surface area (Å²) in [6.07, 6.45) is 1.47. The van der Waals surface area contributed by atoms with Crippen LogP contribution in [0.4, 0.5) is 0 Å². The van der Waals surface area contributed by atoms with Gasteiger partial charge in [0.1, 0.15) is 6.29 Å². The van der Waals surface area contributed by atoms with E-state index in [0.29, 0.717) is 6.42 Å². The van der Waals surface area contributed by atoms with Gasteiger partial charge in [0.25, 0.3) is 0 Å². The van der Waals surface area contributed by atoms with E-state index in [2.05, 4.69) is 0 Å². The van der Waals surface area contributed by atoms with Crippen molar-refractivity contribution in [2.24, 2.45) is 5.92 Å². The molecule has 0 saturated carbocycles. The normalized spacial score (nSPS) is 25.1. The van der Waals surface area contributed by atoms with E-state index in [1.54, 1.807) is 0 Å². The molecule has 0 amide bonds. The van der Waals surface area contributed by atoms with Crippen LogP contribution in [0, 0.1) is 5.92 Å². The van der Waals surface area contributed by atoms with E-state index in [1.165, 1.54) is 0 Å². The van der Waals surface area contributed by atoms with Crippen LogP contribution in [0.1, 0.15) is 17.9 Å². The molecule has 1 aliphatic rings. The SMILES string of the molecule is O=CC(c1ccccc1)C1CCS(=O)(=O)C1. The van der Waals surface area contributed by atoms with E-state index >= 15 is 0 Å². The summed E-state index contributed by atoms with van der Waals surface area (Å²) >= 11 is 0. The molecule has 4 heteroatoms. The molecule has 2 rings (SSSR count). The van der Waals surface area contributed by atoms with Crippen LogP contribution < -0.4 is 0 Å². The van der Waals surface area contributed by atoms with Crippen molar-refractivity contribution in [1.82, 2.24) is 0 Å². The van der Waals surface area contributed by atoms with E-state index in [4.69, 9.17) is 0 Å². The second kappa shape index (κ2) is 4.37. The number of carbonyl (C=O) groups is 1. The first-order valence-corrected chi connectivity index (χ1v) is 7.15. The van der Waals surface area contributed by atoms with Crippen LogP contribution >= 0.6 is 0 Å². The zero-order valence-electron chi connectivity index (χ0n) is 8.87. The van der Waals surface area contributed by atoms with Crippen molar-refractivity contribution >= 4 is 16.1 Å². The van der Waals surface area contributed by atoms with Gasteiger partial charge in [0.05, 0.1) is 11.5 Å². The molecule has 16 heavy (non-hydrogen) atoms. The van der Waals surface area contributed by atoms with E-state index < -0.39 is 9.84 Å². The van der Waals surface area contributed by atoms with Gasteiger partial charge < -0.3 is 4.79 Å². The average Bonchev–Trinajstić information content (AvgIpc) is 2.62. The minimum atomic E-state index is -2.92. The van der Waals surface area contributed by atoms with Crippen molar-refractivity contribution in [1.29, 1.82) is 0 Å². The standard InChI is InChI=1S/C12H14O3S/c13-8-12(10-4-2-1-3-5-10)11-6-7-16(14,15)9-11/h1-5,8,11-12H,6-7,9H2. The molecule has 0 radical (unpaired) electrons. The Labute approximate surface area is 95.4 Å². The Morgan fingerprint density at radius 1 is 1.25 bits per heavy atom. The summed E-state index contributed by atoms with van der Waals surface area (Å²) in [5.41, 5.74) is 0.916. The summed E-state index contributed by atoms with van der Waals surface area (Å²) in [6.45, 7) is 0. The molecule has 0 bridgehead atoms. The molecule has 1 aliphatic heterocycles. The number of rotatable bonds is 3.